The van der Waals surface area contributed by atoms with Gasteiger partial charge in [0.25, 0.3) is 11.8 Å². The Hall–Kier alpha value is -2.57. The van der Waals surface area contributed by atoms with Gasteiger partial charge in [0.05, 0.1) is 0 Å². The number of carbonyl (C=O) groups excluding carboxylic acids is 2. The average Bonchev–Trinajstić information content (AvgIpc) is 2.52. The predicted octanol–water partition coefficient (Wildman–Crippen LogP) is 1.96. The van der Waals surface area contributed by atoms with E-state index in [1.807, 2.05) is 5.43 Å². The zero-order valence-corrected chi connectivity index (χ0v) is 12.3. The summed E-state index contributed by atoms with van der Waals surface area (Å²) in [6.45, 7) is -0.194. The zero-order chi connectivity index (χ0) is 15.9. The van der Waals surface area contributed by atoms with Crippen molar-refractivity contribution in [2.45, 2.75) is 0 Å². The lowest BCUT2D eigenvalue weighted by Gasteiger charge is -2.08. The molecule has 0 saturated heterocycles. The van der Waals surface area contributed by atoms with E-state index in [1.165, 1.54) is 6.07 Å². The highest BCUT2D eigenvalue weighted by molar-refractivity contribution is 6.30. The fourth-order valence-electron chi connectivity index (χ4n) is 1.72. The lowest BCUT2D eigenvalue weighted by molar-refractivity contribution is -0.118. The van der Waals surface area contributed by atoms with Crippen LogP contribution >= 0.6 is 11.6 Å². The molecule has 0 bridgehead atoms. The number of hydrogen-bond acceptors (Lipinski definition) is 4. The predicted molar refractivity (Wildman–Crippen MR) is 83.7 cm³/mol. The van der Waals surface area contributed by atoms with Gasteiger partial charge in [0.15, 0.2) is 6.61 Å². The Labute approximate surface area is 132 Å². The molecule has 0 aliphatic carbocycles. The van der Waals surface area contributed by atoms with Crippen LogP contribution < -0.4 is 21.3 Å². The first-order valence-electron chi connectivity index (χ1n) is 6.37. The molecule has 6 nitrogen and oxygen atoms in total. The average molecular weight is 320 g/mol. The molecule has 114 valence electrons. The minimum atomic E-state index is -0.436. The summed E-state index contributed by atoms with van der Waals surface area (Å²) in [4.78, 5) is 23.2. The first-order chi connectivity index (χ1) is 10.6. The van der Waals surface area contributed by atoms with E-state index in [4.69, 9.17) is 22.2 Å². The monoisotopic (exact) mass is 319 g/mol. The smallest absolute Gasteiger partial charge is 0.265 e. The van der Waals surface area contributed by atoms with Crippen LogP contribution in [0.2, 0.25) is 5.02 Å². The molecule has 0 unspecified atom stereocenters. The third-order valence-corrected chi connectivity index (χ3v) is 2.94. The van der Waals surface area contributed by atoms with Crippen molar-refractivity contribution in [1.82, 2.24) is 5.43 Å². The van der Waals surface area contributed by atoms with Crippen LogP contribution in [0.4, 0.5) is 5.69 Å². The zero-order valence-electron chi connectivity index (χ0n) is 11.5. The molecule has 2 rings (SSSR count). The summed E-state index contributed by atoms with van der Waals surface area (Å²) in [5, 5.41) is 3.18. The summed E-state index contributed by atoms with van der Waals surface area (Å²) in [6, 6.07) is 13.1. The summed E-state index contributed by atoms with van der Waals surface area (Å²) in [6.07, 6.45) is 0. The summed E-state index contributed by atoms with van der Waals surface area (Å²) in [5.41, 5.74) is 2.95. The van der Waals surface area contributed by atoms with Crippen molar-refractivity contribution in [3.63, 3.8) is 0 Å². The van der Waals surface area contributed by atoms with Gasteiger partial charge in [0, 0.05) is 16.3 Å². The SMILES string of the molecule is NNC(=O)c1cccc(OCC(=O)Nc2cccc(Cl)c2)c1. The quantitative estimate of drug-likeness (QED) is 0.446. The summed E-state index contributed by atoms with van der Waals surface area (Å²) >= 11 is 5.83. The normalized spacial score (nSPS) is 9.91. The van der Waals surface area contributed by atoms with E-state index in [9.17, 15) is 9.59 Å². The van der Waals surface area contributed by atoms with Crippen molar-refractivity contribution in [2.75, 3.05) is 11.9 Å². The van der Waals surface area contributed by atoms with Gasteiger partial charge in [-0.3, -0.25) is 15.0 Å². The second kappa shape index (κ2) is 7.44. The largest absolute Gasteiger partial charge is 0.484 e. The highest BCUT2D eigenvalue weighted by atomic mass is 35.5. The topological polar surface area (TPSA) is 93.4 Å². The van der Waals surface area contributed by atoms with Crippen molar-refractivity contribution in [3.05, 3.63) is 59.1 Å². The third kappa shape index (κ3) is 4.47. The number of nitrogens with two attached hydrogens (primary N) is 1. The highest BCUT2D eigenvalue weighted by Gasteiger charge is 2.07. The van der Waals surface area contributed by atoms with Gasteiger partial charge >= 0.3 is 0 Å². The van der Waals surface area contributed by atoms with Crippen molar-refractivity contribution in [3.8, 4) is 5.75 Å². The molecule has 0 aliphatic rings. The third-order valence-electron chi connectivity index (χ3n) is 2.71. The first kappa shape index (κ1) is 15.8. The minimum Gasteiger partial charge on any atom is -0.484 e. The molecule has 0 heterocycles. The number of amides is 2. The molecule has 22 heavy (non-hydrogen) atoms. The van der Waals surface area contributed by atoms with E-state index in [0.717, 1.165) is 0 Å². The molecule has 0 aromatic heterocycles. The van der Waals surface area contributed by atoms with Crippen LogP contribution in [0.1, 0.15) is 10.4 Å². The lowest BCUT2D eigenvalue weighted by atomic mass is 10.2. The van der Waals surface area contributed by atoms with Crippen LogP contribution in [0.5, 0.6) is 5.75 Å². The number of hydrazine groups is 1. The van der Waals surface area contributed by atoms with Gasteiger partial charge in [-0.25, -0.2) is 5.84 Å². The summed E-state index contributed by atoms with van der Waals surface area (Å²) < 4.78 is 5.34. The van der Waals surface area contributed by atoms with Crippen LogP contribution in [0.15, 0.2) is 48.5 Å². The standard InChI is InChI=1S/C15H14ClN3O3/c16-11-4-2-5-12(8-11)18-14(20)9-22-13-6-1-3-10(7-13)15(21)19-17/h1-8H,9,17H2,(H,18,20)(H,19,21). The van der Waals surface area contributed by atoms with Crippen molar-refractivity contribution >= 4 is 29.1 Å². The van der Waals surface area contributed by atoms with Crippen LogP contribution in [-0.2, 0) is 4.79 Å². The van der Waals surface area contributed by atoms with E-state index in [0.29, 0.717) is 22.0 Å². The Balaban J connectivity index is 1.92. The molecule has 0 aliphatic heterocycles. The number of rotatable bonds is 5. The molecule has 2 aromatic rings. The molecule has 0 radical (unpaired) electrons. The molecule has 4 N–H and O–H groups in total. The second-order valence-corrected chi connectivity index (χ2v) is 4.78. The number of nitrogen functional groups attached to an aromatic ring is 1. The van der Waals surface area contributed by atoms with Crippen LogP contribution in [0.3, 0.4) is 0 Å². The minimum absolute atomic E-state index is 0.194. The fraction of sp³-hybridized carbons (Fsp3) is 0.0667. The number of hydrogen-bond donors (Lipinski definition) is 3. The lowest BCUT2D eigenvalue weighted by Crippen LogP contribution is -2.29. The van der Waals surface area contributed by atoms with E-state index < -0.39 is 5.91 Å². The van der Waals surface area contributed by atoms with Gasteiger partial charge in [0.2, 0.25) is 0 Å². The molecule has 7 heteroatoms. The number of carbonyl (C=O) groups is 2. The molecular weight excluding hydrogens is 306 g/mol. The molecule has 0 fully saturated rings. The Kier molecular flexibility index (Phi) is 5.35. The number of benzene rings is 2. The van der Waals surface area contributed by atoms with Crippen LogP contribution in [-0.4, -0.2) is 18.4 Å². The van der Waals surface area contributed by atoms with Gasteiger partial charge in [-0.1, -0.05) is 23.7 Å². The molecule has 2 amide bonds. The Bertz CT molecular complexity index is 691. The van der Waals surface area contributed by atoms with Gasteiger partial charge in [-0.2, -0.15) is 0 Å². The Morgan fingerprint density at radius 1 is 1.14 bits per heavy atom. The molecule has 0 saturated carbocycles. The van der Waals surface area contributed by atoms with Crippen LogP contribution in [0, 0.1) is 0 Å². The maximum atomic E-state index is 11.8. The van der Waals surface area contributed by atoms with E-state index >= 15 is 0 Å². The van der Waals surface area contributed by atoms with Crippen molar-refractivity contribution < 1.29 is 14.3 Å². The van der Waals surface area contributed by atoms with E-state index in [-0.39, 0.29) is 12.5 Å². The van der Waals surface area contributed by atoms with Crippen molar-refractivity contribution in [1.29, 1.82) is 0 Å². The molecule has 2 aromatic carbocycles. The van der Waals surface area contributed by atoms with Gasteiger partial charge in [0.1, 0.15) is 5.75 Å². The molecule has 0 spiro atoms. The second-order valence-electron chi connectivity index (χ2n) is 4.35. The van der Waals surface area contributed by atoms with Crippen LogP contribution in [0.25, 0.3) is 0 Å². The number of nitrogens with one attached hydrogen (secondary N) is 2. The van der Waals surface area contributed by atoms with E-state index in [2.05, 4.69) is 5.32 Å². The fourth-order valence-corrected chi connectivity index (χ4v) is 1.91. The molecular formula is C15H14ClN3O3. The van der Waals surface area contributed by atoms with Crippen molar-refractivity contribution in [2.24, 2.45) is 5.84 Å². The Morgan fingerprint density at radius 3 is 2.64 bits per heavy atom. The van der Waals surface area contributed by atoms with E-state index in [1.54, 1.807) is 42.5 Å². The number of anilines is 1. The van der Waals surface area contributed by atoms with Gasteiger partial charge < -0.3 is 10.1 Å². The van der Waals surface area contributed by atoms with Gasteiger partial charge in [-0.05, 0) is 36.4 Å². The number of ether oxygens (including phenoxy) is 1. The maximum Gasteiger partial charge on any atom is 0.265 e. The maximum absolute atomic E-state index is 11.8. The molecule has 0 atom stereocenters. The summed E-state index contributed by atoms with van der Waals surface area (Å²) in [7, 11) is 0. The van der Waals surface area contributed by atoms with Gasteiger partial charge in [-0.15, -0.1) is 0 Å². The number of halogens is 1. The summed E-state index contributed by atoms with van der Waals surface area (Å²) in [5.74, 6) is 4.68. The highest BCUT2D eigenvalue weighted by Crippen LogP contribution is 2.16. The first-order valence-corrected chi connectivity index (χ1v) is 6.75. The Morgan fingerprint density at radius 2 is 1.91 bits per heavy atom.